The molecule has 3 aromatic carbocycles. The lowest BCUT2D eigenvalue weighted by Gasteiger charge is -2.28. The number of nitrogens with zero attached hydrogens (tertiary/aromatic N) is 1. The van der Waals surface area contributed by atoms with Gasteiger partial charge in [0.25, 0.3) is 5.91 Å². The Morgan fingerprint density at radius 1 is 1.03 bits per heavy atom. The maximum atomic E-state index is 13.8. The number of nitrogens with one attached hydrogen (secondary N) is 4. The van der Waals surface area contributed by atoms with Crippen molar-refractivity contribution in [2.45, 2.75) is 26.3 Å². The average Bonchev–Trinajstić information content (AvgIpc) is 2.79. The van der Waals surface area contributed by atoms with E-state index in [-0.39, 0.29) is 11.6 Å². The van der Waals surface area contributed by atoms with Crippen LogP contribution in [0.3, 0.4) is 0 Å². The van der Waals surface area contributed by atoms with Gasteiger partial charge in [-0.1, -0.05) is 23.7 Å². The van der Waals surface area contributed by atoms with Crippen LogP contribution in [0.2, 0.25) is 5.02 Å². The van der Waals surface area contributed by atoms with Gasteiger partial charge in [0.1, 0.15) is 5.82 Å². The zero-order valence-corrected chi connectivity index (χ0v) is 21.2. The van der Waals surface area contributed by atoms with Gasteiger partial charge in [0.05, 0.1) is 16.3 Å². The van der Waals surface area contributed by atoms with E-state index in [0.29, 0.717) is 33.6 Å². The Hall–Kier alpha value is -3.49. The highest BCUT2D eigenvalue weighted by Gasteiger charge is 2.15. The molecule has 3 rings (SSSR count). The second-order valence-electron chi connectivity index (χ2n) is 8.20. The van der Waals surface area contributed by atoms with E-state index < -0.39 is 11.7 Å². The van der Waals surface area contributed by atoms with Gasteiger partial charge in [-0.2, -0.15) is 0 Å². The van der Waals surface area contributed by atoms with Crippen LogP contribution in [0.1, 0.15) is 30.6 Å². The minimum absolute atomic E-state index is 0.0183. The lowest BCUT2D eigenvalue weighted by Crippen LogP contribution is -2.30. The number of halogens is 2. The monoisotopic (exact) mass is 511 g/mol. The van der Waals surface area contributed by atoms with Crippen molar-refractivity contribution >= 4 is 63.3 Å². The van der Waals surface area contributed by atoms with E-state index in [0.717, 1.165) is 11.4 Å². The number of carbonyl (C=O) groups is 1. The molecule has 3 aromatic rings. The van der Waals surface area contributed by atoms with E-state index in [1.807, 2.05) is 24.1 Å². The molecule has 0 saturated carbocycles. The van der Waals surface area contributed by atoms with Crippen molar-refractivity contribution < 1.29 is 9.18 Å². The Bertz CT molecular complexity index is 1230. The van der Waals surface area contributed by atoms with Crippen LogP contribution >= 0.6 is 23.8 Å². The molecule has 182 valence electrons. The van der Waals surface area contributed by atoms with Crippen molar-refractivity contribution in [2.24, 2.45) is 0 Å². The average molecular weight is 512 g/mol. The van der Waals surface area contributed by atoms with E-state index in [2.05, 4.69) is 22.9 Å². The number of rotatable bonds is 8. The molecule has 0 fully saturated rings. The molecular weight excluding hydrogens is 485 g/mol. The van der Waals surface area contributed by atoms with Crippen LogP contribution in [0.4, 0.5) is 27.1 Å². The standard InChI is InChI=1S/C26H27ClFN5OS/c1-16(29)14-17(2)33(3)24-13-12-20(15-22(24)27)32-26(35)31-19-10-8-18(9-11-19)30-25(34)21-6-4-5-7-23(21)28/h4-13,15,17,29H,14H2,1-3H3,(H,30,34)(H2,31,32,35). The number of benzene rings is 3. The first-order chi connectivity index (χ1) is 16.6. The molecule has 4 N–H and O–H groups in total. The van der Waals surface area contributed by atoms with E-state index in [1.165, 1.54) is 18.2 Å². The highest BCUT2D eigenvalue weighted by molar-refractivity contribution is 7.80. The molecule has 1 amide bonds. The zero-order chi connectivity index (χ0) is 25.5. The van der Waals surface area contributed by atoms with Crippen LogP contribution in [0.15, 0.2) is 66.7 Å². The summed E-state index contributed by atoms with van der Waals surface area (Å²) in [7, 11) is 1.95. The lowest BCUT2D eigenvalue weighted by atomic mass is 10.1. The van der Waals surface area contributed by atoms with Crippen molar-refractivity contribution in [3.05, 3.63) is 83.1 Å². The molecule has 0 aromatic heterocycles. The maximum absolute atomic E-state index is 13.8. The van der Waals surface area contributed by atoms with Gasteiger partial charge in [-0.15, -0.1) is 0 Å². The third-order valence-corrected chi connectivity index (χ3v) is 5.87. The van der Waals surface area contributed by atoms with Gasteiger partial charge in [-0.3, -0.25) is 4.79 Å². The molecule has 0 radical (unpaired) electrons. The van der Waals surface area contributed by atoms with Crippen LogP contribution in [0, 0.1) is 11.2 Å². The van der Waals surface area contributed by atoms with Crippen molar-refractivity contribution in [3.63, 3.8) is 0 Å². The molecule has 9 heteroatoms. The highest BCUT2D eigenvalue weighted by Crippen LogP contribution is 2.30. The fourth-order valence-electron chi connectivity index (χ4n) is 3.46. The number of thiocarbonyl (C=S) groups is 1. The molecule has 0 spiro atoms. The highest BCUT2D eigenvalue weighted by atomic mass is 35.5. The molecule has 0 aliphatic heterocycles. The van der Waals surface area contributed by atoms with Crippen LogP contribution in [0.25, 0.3) is 0 Å². The number of carbonyl (C=O) groups excluding carboxylic acids is 1. The Morgan fingerprint density at radius 2 is 1.60 bits per heavy atom. The first-order valence-electron chi connectivity index (χ1n) is 10.9. The van der Waals surface area contributed by atoms with Gasteiger partial charge in [-0.05, 0) is 80.7 Å². The summed E-state index contributed by atoms with van der Waals surface area (Å²) in [4.78, 5) is 14.3. The minimum Gasteiger partial charge on any atom is -0.370 e. The van der Waals surface area contributed by atoms with E-state index in [4.69, 9.17) is 29.2 Å². The smallest absolute Gasteiger partial charge is 0.258 e. The normalized spacial score (nSPS) is 11.3. The summed E-state index contributed by atoms with van der Waals surface area (Å²) >= 11 is 11.9. The second kappa shape index (κ2) is 11.8. The molecule has 35 heavy (non-hydrogen) atoms. The summed E-state index contributed by atoms with van der Waals surface area (Å²) in [5, 5.41) is 17.5. The number of hydrogen-bond acceptors (Lipinski definition) is 4. The van der Waals surface area contributed by atoms with E-state index in [1.54, 1.807) is 43.3 Å². The zero-order valence-electron chi connectivity index (χ0n) is 19.7. The van der Waals surface area contributed by atoms with Crippen LogP contribution in [-0.4, -0.2) is 29.8 Å². The lowest BCUT2D eigenvalue weighted by molar-refractivity contribution is 0.102. The molecule has 0 aliphatic rings. The van der Waals surface area contributed by atoms with Crippen molar-refractivity contribution in [1.82, 2.24) is 0 Å². The van der Waals surface area contributed by atoms with Gasteiger partial charge in [0.15, 0.2) is 5.11 Å². The molecule has 0 saturated heterocycles. The van der Waals surface area contributed by atoms with Gasteiger partial charge in [-0.25, -0.2) is 4.39 Å². The van der Waals surface area contributed by atoms with Crippen molar-refractivity contribution in [2.75, 3.05) is 27.9 Å². The third-order valence-electron chi connectivity index (χ3n) is 5.37. The Labute approximate surface area is 215 Å². The first-order valence-corrected chi connectivity index (χ1v) is 11.7. The third kappa shape index (κ3) is 7.24. The number of anilines is 4. The van der Waals surface area contributed by atoms with Gasteiger partial charge in [0, 0.05) is 42.3 Å². The fraction of sp³-hybridized carbons (Fsp3) is 0.192. The van der Waals surface area contributed by atoms with E-state index in [9.17, 15) is 9.18 Å². The maximum Gasteiger partial charge on any atom is 0.258 e. The summed E-state index contributed by atoms with van der Waals surface area (Å²) < 4.78 is 13.8. The number of hydrogen-bond donors (Lipinski definition) is 4. The summed E-state index contributed by atoms with van der Waals surface area (Å²) in [5.41, 5.74) is 3.45. The van der Waals surface area contributed by atoms with Gasteiger partial charge in [0.2, 0.25) is 0 Å². The molecule has 0 aliphatic carbocycles. The van der Waals surface area contributed by atoms with Crippen LogP contribution in [-0.2, 0) is 0 Å². The quantitative estimate of drug-likeness (QED) is 0.198. The molecule has 0 bridgehead atoms. The summed E-state index contributed by atoms with van der Waals surface area (Å²) in [6.45, 7) is 3.85. The van der Waals surface area contributed by atoms with Crippen LogP contribution in [0.5, 0.6) is 0 Å². The van der Waals surface area contributed by atoms with Crippen LogP contribution < -0.4 is 20.9 Å². The fourth-order valence-corrected chi connectivity index (χ4v) is 4.01. The number of amides is 1. The molecule has 6 nitrogen and oxygen atoms in total. The van der Waals surface area contributed by atoms with Gasteiger partial charge < -0.3 is 26.3 Å². The Balaban J connectivity index is 1.57. The first kappa shape index (κ1) is 26.1. The van der Waals surface area contributed by atoms with E-state index >= 15 is 0 Å². The summed E-state index contributed by atoms with van der Waals surface area (Å²) in [6.07, 6.45) is 0.659. The minimum atomic E-state index is -0.574. The Morgan fingerprint density at radius 3 is 2.20 bits per heavy atom. The Kier molecular flexibility index (Phi) is 8.78. The predicted molar refractivity (Wildman–Crippen MR) is 148 cm³/mol. The molecule has 1 unspecified atom stereocenters. The summed E-state index contributed by atoms with van der Waals surface area (Å²) in [6, 6.07) is 18.5. The second-order valence-corrected chi connectivity index (χ2v) is 9.02. The predicted octanol–water partition coefficient (Wildman–Crippen LogP) is 6.79. The summed E-state index contributed by atoms with van der Waals surface area (Å²) in [5.74, 6) is -1.09. The largest absolute Gasteiger partial charge is 0.370 e. The molecule has 0 heterocycles. The molecular formula is C26H27ClFN5OS. The van der Waals surface area contributed by atoms with Gasteiger partial charge >= 0.3 is 0 Å². The topological polar surface area (TPSA) is 80.2 Å². The van der Waals surface area contributed by atoms with Crippen molar-refractivity contribution in [1.29, 1.82) is 5.41 Å². The van der Waals surface area contributed by atoms with Crippen molar-refractivity contribution in [3.8, 4) is 0 Å². The molecule has 1 atom stereocenters. The SMILES string of the molecule is CC(=N)CC(C)N(C)c1ccc(NC(=S)Nc2ccc(NC(=O)c3ccccc3F)cc2)cc1Cl.